The fourth-order valence-electron chi connectivity index (χ4n) is 3.39. The zero-order valence-corrected chi connectivity index (χ0v) is 17.8. The Kier molecular flexibility index (Phi) is 5.57. The zero-order chi connectivity index (χ0) is 21.3. The van der Waals surface area contributed by atoms with Gasteiger partial charge in [-0.25, -0.2) is 8.42 Å². The molecule has 154 valence electrons. The molecule has 1 unspecified atom stereocenters. The van der Waals surface area contributed by atoms with Gasteiger partial charge < -0.3 is 14.8 Å². The van der Waals surface area contributed by atoms with Crippen LogP contribution in [-0.4, -0.2) is 35.6 Å². The number of methoxy groups -OCH3 is 2. The summed E-state index contributed by atoms with van der Waals surface area (Å²) in [5, 5.41) is 2.80. The maximum atomic E-state index is 13.1. The van der Waals surface area contributed by atoms with Crippen molar-refractivity contribution >= 4 is 27.2 Å². The van der Waals surface area contributed by atoms with Crippen LogP contribution in [0.1, 0.15) is 31.0 Å². The second-order valence-corrected chi connectivity index (χ2v) is 8.66. The number of benzene rings is 2. The molecule has 29 heavy (non-hydrogen) atoms. The summed E-state index contributed by atoms with van der Waals surface area (Å²) in [6.45, 7) is 3.43. The molecule has 1 aliphatic heterocycles. The van der Waals surface area contributed by atoms with Gasteiger partial charge in [0.05, 0.1) is 25.9 Å². The average molecular weight is 416 g/mol. The SMILES string of the molecule is COc1cc2c(cc1OC)N(C)S(=O)(=O)C(C(=O)NC(C)c1ccccc1)=C2C. The van der Waals surface area contributed by atoms with Crippen LogP contribution in [-0.2, 0) is 14.8 Å². The van der Waals surface area contributed by atoms with E-state index in [0.29, 0.717) is 28.3 Å². The van der Waals surface area contributed by atoms with Gasteiger partial charge in [0.25, 0.3) is 15.9 Å². The molecule has 0 aromatic heterocycles. The van der Waals surface area contributed by atoms with Crippen molar-refractivity contribution in [3.8, 4) is 11.5 Å². The van der Waals surface area contributed by atoms with Gasteiger partial charge in [-0.3, -0.25) is 9.10 Å². The van der Waals surface area contributed by atoms with Gasteiger partial charge in [0.1, 0.15) is 0 Å². The summed E-state index contributed by atoms with van der Waals surface area (Å²) in [4.78, 5) is 12.7. The van der Waals surface area contributed by atoms with Crippen LogP contribution in [0.4, 0.5) is 5.69 Å². The number of rotatable bonds is 5. The van der Waals surface area contributed by atoms with Crippen molar-refractivity contribution in [3.63, 3.8) is 0 Å². The molecule has 1 atom stereocenters. The molecule has 1 heterocycles. The molecule has 0 aliphatic carbocycles. The molecule has 0 spiro atoms. The topological polar surface area (TPSA) is 84.9 Å². The van der Waals surface area contributed by atoms with E-state index in [9.17, 15) is 13.2 Å². The van der Waals surface area contributed by atoms with Gasteiger partial charge in [-0.1, -0.05) is 30.3 Å². The quantitative estimate of drug-likeness (QED) is 0.810. The van der Waals surface area contributed by atoms with E-state index in [2.05, 4.69) is 5.32 Å². The lowest BCUT2D eigenvalue weighted by molar-refractivity contribution is -0.117. The molecule has 7 nitrogen and oxygen atoms in total. The number of fused-ring (bicyclic) bond motifs is 1. The molecular weight excluding hydrogens is 392 g/mol. The van der Waals surface area contributed by atoms with Crippen LogP contribution < -0.4 is 19.1 Å². The van der Waals surface area contributed by atoms with E-state index in [1.807, 2.05) is 37.3 Å². The number of carbonyl (C=O) groups is 1. The highest BCUT2D eigenvalue weighted by molar-refractivity contribution is 7.97. The molecule has 2 aromatic rings. The summed E-state index contributed by atoms with van der Waals surface area (Å²) < 4.78 is 38.0. The van der Waals surface area contributed by atoms with E-state index in [-0.39, 0.29) is 10.9 Å². The van der Waals surface area contributed by atoms with Crippen molar-refractivity contribution in [2.24, 2.45) is 0 Å². The Morgan fingerprint density at radius 3 is 2.24 bits per heavy atom. The van der Waals surface area contributed by atoms with E-state index >= 15 is 0 Å². The van der Waals surface area contributed by atoms with E-state index in [1.54, 1.807) is 19.1 Å². The summed E-state index contributed by atoms with van der Waals surface area (Å²) in [7, 11) is 0.367. The Labute approximate surface area is 171 Å². The molecule has 8 heteroatoms. The Bertz CT molecular complexity index is 1080. The van der Waals surface area contributed by atoms with Crippen molar-refractivity contribution < 1.29 is 22.7 Å². The van der Waals surface area contributed by atoms with Gasteiger partial charge in [-0.15, -0.1) is 0 Å². The third kappa shape index (κ3) is 3.55. The van der Waals surface area contributed by atoms with Gasteiger partial charge in [0.2, 0.25) is 0 Å². The van der Waals surface area contributed by atoms with Crippen molar-refractivity contribution in [1.82, 2.24) is 5.32 Å². The standard InChI is InChI=1S/C21H24N2O5S/c1-13-16-11-18(27-4)19(28-5)12-17(16)23(3)29(25,26)20(13)21(24)22-14(2)15-9-7-6-8-10-15/h6-12,14H,1-5H3,(H,22,24). The van der Waals surface area contributed by atoms with Gasteiger partial charge in [0.15, 0.2) is 16.4 Å². The number of allylic oxidation sites excluding steroid dienone is 1. The largest absolute Gasteiger partial charge is 0.493 e. The number of nitrogens with one attached hydrogen (secondary N) is 1. The molecule has 0 saturated heterocycles. The number of hydrogen-bond acceptors (Lipinski definition) is 5. The zero-order valence-electron chi connectivity index (χ0n) is 17.0. The molecular formula is C21H24N2O5S. The molecule has 2 aromatic carbocycles. The molecule has 1 aliphatic rings. The Morgan fingerprint density at radius 2 is 1.66 bits per heavy atom. The van der Waals surface area contributed by atoms with Crippen LogP contribution in [0.25, 0.3) is 5.57 Å². The molecule has 0 saturated carbocycles. The lowest BCUT2D eigenvalue weighted by atomic mass is 10.0. The number of ether oxygens (including phenoxy) is 2. The van der Waals surface area contributed by atoms with Crippen LogP contribution in [0, 0.1) is 0 Å². The maximum absolute atomic E-state index is 13.1. The highest BCUT2D eigenvalue weighted by Crippen LogP contribution is 2.44. The van der Waals surface area contributed by atoms with E-state index in [4.69, 9.17) is 9.47 Å². The summed E-state index contributed by atoms with van der Waals surface area (Å²) in [5.41, 5.74) is 2.26. The minimum atomic E-state index is -4.03. The molecule has 1 amide bonds. The van der Waals surface area contributed by atoms with Crippen LogP contribution in [0.5, 0.6) is 11.5 Å². The first kappa shape index (κ1) is 20.7. The Hall–Kier alpha value is -3.00. The molecule has 0 fully saturated rings. The predicted molar refractivity (Wildman–Crippen MR) is 112 cm³/mol. The first-order valence-corrected chi connectivity index (χ1v) is 10.5. The van der Waals surface area contributed by atoms with Gasteiger partial charge in [0, 0.05) is 18.7 Å². The van der Waals surface area contributed by atoms with Gasteiger partial charge in [-0.05, 0) is 31.1 Å². The monoisotopic (exact) mass is 416 g/mol. The second-order valence-electron chi connectivity index (χ2n) is 6.76. The van der Waals surface area contributed by atoms with E-state index < -0.39 is 15.9 Å². The van der Waals surface area contributed by atoms with Gasteiger partial charge >= 0.3 is 0 Å². The second kappa shape index (κ2) is 7.79. The Balaban J connectivity index is 2.09. The molecule has 1 N–H and O–H groups in total. The van der Waals surface area contributed by atoms with Crippen LogP contribution >= 0.6 is 0 Å². The summed E-state index contributed by atoms with van der Waals surface area (Å²) >= 11 is 0. The number of nitrogens with zero attached hydrogens (tertiary/aromatic N) is 1. The number of hydrogen-bond donors (Lipinski definition) is 1. The summed E-state index contributed by atoms with van der Waals surface area (Å²) in [6, 6.07) is 12.3. The third-order valence-corrected chi connectivity index (χ3v) is 6.98. The lowest BCUT2D eigenvalue weighted by Crippen LogP contribution is -2.39. The van der Waals surface area contributed by atoms with Crippen LogP contribution in [0.3, 0.4) is 0 Å². The summed E-state index contributed by atoms with van der Waals surface area (Å²) in [5.74, 6) is 0.216. The predicted octanol–water partition coefficient (Wildman–Crippen LogP) is 3.09. The molecule has 3 rings (SSSR count). The number of carbonyl (C=O) groups excluding carboxylic acids is 1. The maximum Gasteiger partial charge on any atom is 0.269 e. The average Bonchev–Trinajstić information content (AvgIpc) is 2.71. The van der Waals surface area contributed by atoms with Crippen molar-refractivity contribution in [2.45, 2.75) is 19.9 Å². The van der Waals surface area contributed by atoms with Crippen molar-refractivity contribution in [2.75, 3.05) is 25.6 Å². The van der Waals surface area contributed by atoms with Crippen molar-refractivity contribution in [3.05, 3.63) is 58.5 Å². The molecule has 0 radical (unpaired) electrons. The number of sulfonamides is 1. The molecule has 0 bridgehead atoms. The minimum Gasteiger partial charge on any atom is -0.493 e. The summed E-state index contributed by atoms with van der Waals surface area (Å²) in [6.07, 6.45) is 0. The number of amides is 1. The van der Waals surface area contributed by atoms with E-state index in [0.717, 1.165) is 9.87 Å². The Morgan fingerprint density at radius 1 is 1.07 bits per heavy atom. The number of anilines is 1. The third-order valence-electron chi connectivity index (χ3n) is 5.06. The fourth-order valence-corrected chi connectivity index (χ4v) is 4.86. The lowest BCUT2D eigenvalue weighted by Gasteiger charge is -2.30. The highest BCUT2D eigenvalue weighted by atomic mass is 32.2. The smallest absolute Gasteiger partial charge is 0.269 e. The van der Waals surface area contributed by atoms with Crippen LogP contribution in [0.2, 0.25) is 0 Å². The van der Waals surface area contributed by atoms with E-state index in [1.165, 1.54) is 21.3 Å². The van der Waals surface area contributed by atoms with Crippen LogP contribution in [0.15, 0.2) is 47.4 Å². The normalized spacial score (nSPS) is 16.1. The van der Waals surface area contributed by atoms with Crippen molar-refractivity contribution in [1.29, 1.82) is 0 Å². The first-order chi connectivity index (χ1) is 13.7. The minimum absolute atomic E-state index is 0.275. The fraction of sp³-hybridized carbons (Fsp3) is 0.286. The first-order valence-electron chi connectivity index (χ1n) is 9.04. The highest BCUT2D eigenvalue weighted by Gasteiger charge is 2.38. The van der Waals surface area contributed by atoms with Gasteiger partial charge in [-0.2, -0.15) is 0 Å².